The van der Waals surface area contributed by atoms with Gasteiger partial charge in [0.05, 0.1) is 18.0 Å². The molecule has 1 aromatic carbocycles. The molecule has 0 atom stereocenters. The number of carbonyl (C=O) groups is 1. The largest absolute Gasteiger partial charge is 0.459 e. The summed E-state index contributed by atoms with van der Waals surface area (Å²) in [5, 5.41) is 9.19. The van der Waals surface area contributed by atoms with Crippen molar-refractivity contribution in [2.75, 3.05) is 25.2 Å². The van der Waals surface area contributed by atoms with Gasteiger partial charge in [-0.1, -0.05) is 25.1 Å². The molecule has 0 heterocycles. The summed E-state index contributed by atoms with van der Waals surface area (Å²) < 4.78 is 10.1. The van der Waals surface area contributed by atoms with Gasteiger partial charge in [0.15, 0.2) is 5.57 Å². The number of carbonyl (C=O) groups excluding carboxylic acids is 1. The van der Waals surface area contributed by atoms with Crippen molar-refractivity contribution in [2.24, 2.45) is 0 Å². The summed E-state index contributed by atoms with van der Waals surface area (Å²) in [6, 6.07) is 11.3. The van der Waals surface area contributed by atoms with E-state index in [0.717, 1.165) is 5.69 Å². The highest BCUT2D eigenvalue weighted by atomic mass is 16.6. The molecule has 0 aromatic heterocycles. The van der Waals surface area contributed by atoms with E-state index in [9.17, 15) is 10.1 Å². The second kappa shape index (κ2) is 10.2. The van der Waals surface area contributed by atoms with Crippen molar-refractivity contribution in [1.29, 1.82) is 5.26 Å². The molecule has 0 aliphatic rings. The molecule has 0 aliphatic carbocycles. The first-order valence-electron chi connectivity index (χ1n) is 7.18. The second-order valence-corrected chi connectivity index (χ2v) is 4.27. The maximum absolute atomic E-state index is 11.9. The molecular formula is C16H21N3O3. The number of allylic oxidation sites excluding steroid dienone is 1. The van der Waals surface area contributed by atoms with Crippen molar-refractivity contribution in [3.05, 3.63) is 41.6 Å². The Morgan fingerprint density at radius 2 is 1.95 bits per heavy atom. The lowest BCUT2D eigenvalue weighted by Gasteiger charge is -2.13. The lowest BCUT2D eigenvalue weighted by Crippen LogP contribution is -2.25. The van der Waals surface area contributed by atoms with Gasteiger partial charge in [0, 0.05) is 6.61 Å². The number of hydrogen-bond donors (Lipinski definition) is 2. The highest BCUT2D eigenvalue weighted by molar-refractivity contribution is 5.93. The molecule has 0 aliphatic heterocycles. The number of nitrogens with zero attached hydrogens (tertiary/aromatic N) is 1. The number of para-hydroxylation sites is 1. The number of esters is 1. The van der Waals surface area contributed by atoms with E-state index in [-0.39, 0.29) is 12.2 Å². The van der Waals surface area contributed by atoms with Gasteiger partial charge in [-0.15, -0.1) is 0 Å². The number of rotatable bonds is 9. The van der Waals surface area contributed by atoms with Crippen LogP contribution in [0.3, 0.4) is 0 Å². The van der Waals surface area contributed by atoms with Crippen molar-refractivity contribution < 1.29 is 14.3 Å². The Morgan fingerprint density at radius 3 is 2.55 bits per heavy atom. The van der Waals surface area contributed by atoms with E-state index in [2.05, 4.69) is 10.9 Å². The Hall–Kier alpha value is -2.52. The summed E-state index contributed by atoms with van der Waals surface area (Å²) in [6.07, 6.45) is 0.489. The van der Waals surface area contributed by atoms with Crippen LogP contribution < -0.4 is 10.9 Å². The average molecular weight is 303 g/mol. The Balaban J connectivity index is 2.66. The number of nitriles is 1. The summed E-state index contributed by atoms with van der Waals surface area (Å²) in [5.41, 5.74) is 7.11. The van der Waals surface area contributed by atoms with E-state index in [4.69, 9.17) is 9.47 Å². The molecule has 1 rings (SSSR count). The first-order valence-corrected chi connectivity index (χ1v) is 7.18. The second-order valence-electron chi connectivity index (χ2n) is 4.27. The number of anilines is 1. The summed E-state index contributed by atoms with van der Waals surface area (Å²) >= 11 is 0. The zero-order valence-corrected chi connectivity index (χ0v) is 12.9. The van der Waals surface area contributed by atoms with Gasteiger partial charge < -0.3 is 20.3 Å². The van der Waals surface area contributed by atoms with Crippen molar-refractivity contribution in [1.82, 2.24) is 5.43 Å². The minimum atomic E-state index is -0.651. The highest BCUT2D eigenvalue weighted by Gasteiger charge is 2.16. The summed E-state index contributed by atoms with van der Waals surface area (Å²) in [7, 11) is 0. The maximum atomic E-state index is 11.9. The summed E-state index contributed by atoms with van der Waals surface area (Å²) in [5.74, 6) is -0.651. The van der Waals surface area contributed by atoms with E-state index in [1.54, 1.807) is 0 Å². The third-order valence-corrected chi connectivity index (χ3v) is 2.77. The lowest BCUT2D eigenvalue weighted by atomic mass is 10.2. The fraction of sp³-hybridized carbons (Fsp3) is 0.375. The van der Waals surface area contributed by atoms with Gasteiger partial charge in [-0.05, 0) is 25.5 Å². The molecule has 0 amide bonds. The molecule has 0 saturated carbocycles. The predicted molar refractivity (Wildman–Crippen MR) is 83.6 cm³/mol. The Morgan fingerprint density at radius 1 is 1.23 bits per heavy atom. The number of hydrogen-bond acceptors (Lipinski definition) is 6. The average Bonchev–Trinajstić information content (AvgIpc) is 2.56. The van der Waals surface area contributed by atoms with Crippen LogP contribution in [0.4, 0.5) is 5.69 Å². The van der Waals surface area contributed by atoms with Crippen LogP contribution in [0.5, 0.6) is 0 Å². The first kappa shape index (κ1) is 17.5. The quantitative estimate of drug-likeness (QED) is 0.239. The molecule has 2 N–H and O–H groups in total. The molecule has 0 radical (unpaired) electrons. The SMILES string of the molecule is CCOCCOC(=O)/C(C#N)=C(/CC)NNc1ccccc1. The molecular weight excluding hydrogens is 282 g/mol. The van der Waals surface area contributed by atoms with Gasteiger partial charge in [-0.25, -0.2) is 4.79 Å². The third kappa shape index (κ3) is 5.85. The monoisotopic (exact) mass is 303 g/mol. The molecule has 6 heteroatoms. The van der Waals surface area contributed by atoms with E-state index in [1.165, 1.54) is 0 Å². The zero-order chi connectivity index (χ0) is 16.2. The van der Waals surface area contributed by atoms with E-state index >= 15 is 0 Å². The van der Waals surface area contributed by atoms with Crippen molar-refractivity contribution in [2.45, 2.75) is 20.3 Å². The van der Waals surface area contributed by atoms with Crippen LogP contribution in [-0.2, 0) is 14.3 Å². The van der Waals surface area contributed by atoms with Crippen LogP contribution in [0.1, 0.15) is 20.3 Å². The minimum absolute atomic E-state index is 0.0394. The van der Waals surface area contributed by atoms with E-state index < -0.39 is 5.97 Å². The normalized spacial score (nSPS) is 11.1. The molecule has 22 heavy (non-hydrogen) atoms. The molecule has 0 fully saturated rings. The predicted octanol–water partition coefficient (Wildman–Crippen LogP) is 2.37. The Labute approximate surface area is 130 Å². The van der Waals surface area contributed by atoms with Crippen molar-refractivity contribution in [3.63, 3.8) is 0 Å². The van der Waals surface area contributed by atoms with Crippen LogP contribution in [-0.4, -0.2) is 25.8 Å². The molecule has 0 bridgehead atoms. The van der Waals surface area contributed by atoms with Gasteiger partial charge in [0.1, 0.15) is 12.7 Å². The van der Waals surface area contributed by atoms with Crippen LogP contribution in [0, 0.1) is 11.3 Å². The van der Waals surface area contributed by atoms with Gasteiger partial charge in [0.2, 0.25) is 0 Å². The molecule has 0 spiro atoms. The molecule has 118 valence electrons. The minimum Gasteiger partial charge on any atom is -0.459 e. The molecule has 0 saturated heterocycles. The number of ether oxygens (including phenoxy) is 2. The standard InChI is InChI=1S/C16H21N3O3/c1-3-15(19-18-13-8-6-5-7-9-13)14(12-17)16(20)22-11-10-21-4-2/h5-9,18-19H,3-4,10-11H2,1-2H3/b15-14-. The zero-order valence-electron chi connectivity index (χ0n) is 12.9. The Bertz CT molecular complexity index is 535. The Kier molecular flexibility index (Phi) is 8.16. The maximum Gasteiger partial charge on any atom is 0.350 e. The molecule has 6 nitrogen and oxygen atoms in total. The fourth-order valence-corrected chi connectivity index (χ4v) is 1.64. The third-order valence-electron chi connectivity index (χ3n) is 2.77. The van der Waals surface area contributed by atoms with Crippen LogP contribution in [0.25, 0.3) is 0 Å². The van der Waals surface area contributed by atoms with Crippen LogP contribution in [0.2, 0.25) is 0 Å². The number of nitrogens with one attached hydrogen (secondary N) is 2. The van der Waals surface area contributed by atoms with E-state index in [0.29, 0.717) is 25.3 Å². The van der Waals surface area contributed by atoms with Crippen molar-refractivity contribution in [3.8, 4) is 6.07 Å². The fourth-order valence-electron chi connectivity index (χ4n) is 1.64. The summed E-state index contributed by atoms with van der Waals surface area (Å²) in [4.78, 5) is 11.9. The molecule has 1 aromatic rings. The van der Waals surface area contributed by atoms with Crippen LogP contribution in [0.15, 0.2) is 41.6 Å². The van der Waals surface area contributed by atoms with Gasteiger partial charge in [0.25, 0.3) is 0 Å². The lowest BCUT2D eigenvalue weighted by molar-refractivity contribution is -0.140. The van der Waals surface area contributed by atoms with Gasteiger partial charge in [-0.3, -0.25) is 0 Å². The topological polar surface area (TPSA) is 83.4 Å². The number of benzene rings is 1. The smallest absolute Gasteiger partial charge is 0.350 e. The van der Waals surface area contributed by atoms with Gasteiger partial charge in [-0.2, -0.15) is 5.26 Å². The summed E-state index contributed by atoms with van der Waals surface area (Å²) in [6.45, 7) is 4.71. The van der Waals surface area contributed by atoms with E-state index in [1.807, 2.05) is 50.2 Å². The van der Waals surface area contributed by atoms with Crippen molar-refractivity contribution >= 4 is 11.7 Å². The molecule has 0 unspecified atom stereocenters. The van der Waals surface area contributed by atoms with Gasteiger partial charge >= 0.3 is 5.97 Å². The van der Waals surface area contributed by atoms with Crippen LogP contribution >= 0.6 is 0 Å². The first-order chi connectivity index (χ1) is 10.7. The highest BCUT2D eigenvalue weighted by Crippen LogP contribution is 2.09. The number of hydrazine groups is 1.